The first-order chi connectivity index (χ1) is 11.0. The van der Waals surface area contributed by atoms with Gasteiger partial charge in [0.2, 0.25) is 0 Å². The number of anilines is 3. The predicted octanol–water partition coefficient (Wildman–Crippen LogP) is 4.96. The van der Waals surface area contributed by atoms with Gasteiger partial charge in [0.25, 0.3) is 0 Å². The van der Waals surface area contributed by atoms with Crippen LogP contribution in [0.5, 0.6) is 0 Å². The lowest BCUT2D eigenvalue weighted by molar-refractivity contribution is 0.866. The Balaban J connectivity index is 2.01. The normalized spacial score (nSPS) is 10.3. The molecule has 0 bridgehead atoms. The van der Waals surface area contributed by atoms with Gasteiger partial charge in [0.1, 0.15) is 0 Å². The number of rotatable bonds is 5. The lowest BCUT2D eigenvalue weighted by Gasteiger charge is -2.21. The first kappa shape index (κ1) is 17.3. The van der Waals surface area contributed by atoms with E-state index in [9.17, 15) is 0 Å². The van der Waals surface area contributed by atoms with E-state index < -0.39 is 0 Å². The highest BCUT2D eigenvalue weighted by atomic mass is 32.1. The summed E-state index contributed by atoms with van der Waals surface area (Å²) in [5.74, 6) is 0. The summed E-state index contributed by atoms with van der Waals surface area (Å²) in [6.45, 7) is 10.5. The number of hydrogen-bond donors (Lipinski definition) is 2. The maximum atomic E-state index is 5.42. The molecule has 2 aromatic rings. The Labute approximate surface area is 144 Å². The molecule has 0 aliphatic rings. The van der Waals surface area contributed by atoms with Gasteiger partial charge in [-0.3, -0.25) is 0 Å². The molecule has 0 aliphatic heterocycles. The van der Waals surface area contributed by atoms with Crippen LogP contribution in [0.2, 0.25) is 0 Å². The molecule has 0 aliphatic carbocycles. The molecule has 23 heavy (non-hydrogen) atoms. The molecule has 3 nitrogen and oxygen atoms in total. The van der Waals surface area contributed by atoms with E-state index in [-0.39, 0.29) is 0 Å². The zero-order valence-electron chi connectivity index (χ0n) is 14.3. The molecule has 2 N–H and O–H groups in total. The summed E-state index contributed by atoms with van der Waals surface area (Å²) in [7, 11) is 0. The second-order valence-corrected chi connectivity index (χ2v) is 6.02. The van der Waals surface area contributed by atoms with Crippen molar-refractivity contribution in [2.75, 3.05) is 28.6 Å². The summed E-state index contributed by atoms with van der Waals surface area (Å²) in [5.41, 5.74) is 5.65. The monoisotopic (exact) mass is 327 g/mol. The van der Waals surface area contributed by atoms with Gasteiger partial charge in [-0.05, 0) is 81.4 Å². The number of nitrogens with zero attached hydrogens (tertiary/aromatic N) is 1. The van der Waals surface area contributed by atoms with E-state index in [0.29, 0.717) is 5.11 Å². The van der Waals surface area contributed by atoms with Crippen LogP contribution < -0.4 is 15.5 Å². The van der Waals surface area contributed by atoms with Crippen LogP contribution in [0.15, 0.2) is 42.5 Å². The molecule has 0 radical (unpaired) electrons. The molecule has 0 heterocycles. The molecule has 0 atom stereocenters. The van der Waals surface area contributed by atoms with Gasteiger partial charge in [0.15, 0.2) is 5.11 Å². The number of benzene rings is 2. The first-order valence-electron chi connectivity index (χ1n) is 8.03. The fourth-order valence-electron chi connectivity index (χ4n) is 2.50. The molecule has 0 unspecified atom stereocenters. The zero-order valence-corrected chi connectivity index (χ0v) is 15.1. The predicted molar refractivity (Wildman–Crippen MR) is 106 cm³/mol. The van der Waals surface area contributed by atoms with E-state index in [1.165, 1.54) is 16.8 Å². The quantitative estimate of drug-likeness (QED) is 0.759. The van der Waals surface area contributed by atoms with Gasteiger partial charge in [-0.1, -0.05) is 12.1 Å². The van der Waals surface area contributed by atoms with E-state index in [1.807, 2.05) is 0 Å². The highest BCUT2D eigenvalue weighted by Crippen LogP contribution is 2.19. The molecule has 0 saturated heterocycles. The minimum absolute atomic E-state index is 0.606. The Morgan fingerprint density at radius 2 is 1.61 bits per heavy atom. The minimum atomic E-state index is 0.606. The van der Waals surface area contributed by atoms with Crippen molar-refractivity contribution >= 4 is 34.4 Å². The summed E-state index contributed by atoms with van der Waals surface area (Å²) >= 11 is 5.42. The molecule has 0 aromatic heterocycles. The average Bonchev–Trinajstić information content (AvgIpc) is 2.53. The molecule has 0 spiro atoms. The Hall–Kier alpha value is -2.07. The van der Waals surface area contributed by atoms with E-state index in [0.717, 1.165) is 24.5 Å². The third-order valence-corrected chi connectivity index (χ3v) is 4.10. The summed E-state index contributed by atoms with van der Waals surface area (Å²) in [4.78, 5) is 2.32. The van der Waals surface area contributed by atoms with Gasteiger partial charge in [0.05, 0.1) is 0 Å². The van der Waals surface area contributed by atoms with Gasteiger partial charge < -0.3 is 15.5 Å². The van der Waals surface area contributed by atoms with Gasteiger partial charge >= 0.3 is 0 Å². The van der Waals surface area contributed by atoms with Crippen LogP contribution in [0.3, 0.4) is 0 Å². The Kier molecular flexibility index (Phi) is 5.99. The summed E-state index contributed by atoms with van der Waals surface area (Å²) < 4.78 is 0. The first-order valence-corrected chi connectivity index (χ1v) is 8.44. The highest BCUT2D eigenvalue weighted by molar-refractivity contribution is 7.80. The van der Waals surface area contributed by atoms with Gasteiger partial charge in [-0.2, -0.15) is 0 Å². The standard InChI is InChI=1S/C19H25N3S/c1-5-22(6-2)17-11-9-16(10-12-17)20-19(23)21-18-13-14(3)7-8-15(18)4/h7-13H,5-6H2,1-4H3,(H2,20,21,23). The molecular weight excluding hydrogens is 302 g/mol. The SMILES string of the molecule is CCN(CC)c1ccc(NC(=S)Nc2cc(C)ccc2C)cc1. The van der Waals surface area contributed by atoms with Crippen LogP contribution in [0.4, 0.5) is 17.1 Å². The largest absolute Gasteiger partial charge is 0.372 e. The van der Waals surface area contributed by atoms with E-state index in [1.54, 1.807) is 0 Å². The maximum Gasteiger partial charge on any atom is 0.175 e. The smallest absolute Gasteiger partial charge is 0.175 e. The Bertz CT molecular complexity index is 661. The molecule has 4 heteroatoms. The number of thiocarbonyl (C=S) groups is 1. The zero-order chi connectivity index (χ0) is 16.8. The van der Waals surface area contributed by atoms with Crippen LogP contribution in [0.1, 0.15) is 25.0 Å². The maximum absolute atomic E-state index is 5.42. The van der Waals surface area contributed by atoms with Crippen molar-refractivity contribution in [1.82, 2.24) is 0 Å². The van der Waals surface area contributed by atoms with Crippen LogP contribution in [-0.4, -0.2) is 18.2 Å². The van der Waals surface area contributed by atoms with Crippen LogP contribution in [0, 0.1) is 13.8 Å². The van der Waals surface area contributed by atoms with E-state index in [2.05, 4.69) is 85.7 Å². The fraction of sp³-hybridized carbons (Fsp3) is 0.316. The number of aryl methyl sites for hydroxylation is 2. The summed E-state index contributed by atoms with van der Waals surface area (Å²) in [6, 6.07) is 14.7. The summed E-state index contributed by atoms with van der Waals surface area (Å²) in [6.07, 6.45) is 0. The number of nitrogens with one attached hydrogen (secondary N) is 2. The van der Waals surface area contributed by atoms with Crippen molar-refractivity contribution < 1.29 is 0 Å². The van der Waals surface area contributed by atoms with Crippen LogP contribution in [-0.2, 0) is 0 Å². The third kappa shape index (κ3) is 4.70. The number of hydrogen-bond acceptors (Lipinski definition) is 2. The van der Waals surface area contributed by atoms with Gasteiger partial charge in [0, 0.05) is 30.2 Å². The topological polar surface area (TPSA) is 27.3 Å². The Morgan fingerprint density at radius 1 is 0.957 bits per heavy atom. The van der Waals surface area contributed by atoms with Crippen molar-refractivity contribution in [2.24, 2.45) is 0 Å². The lowest BCUT2D eigenvalue weighted by atomic mass is 10.1. The summed E-state index contributed by atoms with van der Waals surface area (Å²) in [5, 5.41) is 7.12. The third-order valence-electron chi connectivity index (χ3n) is 3.90. The second kappa shape index (κ2) is 7.97. The van der Waals surface area contributed by atoms with Crippen molar-refractivity contribution in [3.8, 4) is 0 Å². The highest BCUT2D eigenvalue weighted by Gasteiger charge is 2.04. The van der Waals surface area contributed by atoms with Crippen molar-refractivity contribution in [3.63, 3.8) is 0 Å². The molecule has 2 aromatic carbocycles. The fourth-order valence-corrected chi connectivity index (χ4v) is 2.73. The average molecular weight is 327 g/mol. The van der Waals surface area contributed by atoms with Gasteiger partial charge in [-0.15, -0.1) is 0 Å². The van der Waals surface area contributed by atoms with Gasteiger partial charge in [-0.25, -0.2) is 0 Å². The molecule has 0 amide bonds. The van der Waals surface area contributed by atoms with E-state index in [4.69, 9.17) is 12.2 Å². The van der Waals surface area contributed by atoms with Crippen LogP contribution >= 0.6 is 12.2 Å². The lowest BCUT2D eigenvalue weighted by Crippen LogP contribution is -2.22. The van der Waals surface area contributed by atoms with Crippen molar-refractivity contribution in [3.05, 3.63) is 53.6 Å². The van der Waals surface area contributed by atoms with Crippen LogP contribution in [0.25, 0.3) is 0 Å². The molecule has 122 valence electrons. The van der Waals surface area contributed by atoms with Crippen molar-refractivity contribution in [1.29, 1.82) is 0 Å². The second-order valence-electron chi connectivity index (χ2n) is 5.62. The van der Waals surface area contributed by atoms with E-state index >= 15 is 0 Å². The molecule has 0 fully saturated rings. The Morgan fingerprint density at radius 3 is 2.22 bits per heavy atom. The molecular formula is C19H25N3S. The molecule has 2 rings (SSSR count). The molecule has 0 saturated carbocycles. The van der Waals surface area contributed by atoms with Crippen molar-refractivity contribution in [2.45, 2.75) is 27.7 Å². The minimum Gasteiger partial charge on any atom is -0.372 e.